The first-order chi connectivity index (χ1) is 11.8. The number of nitrogens with one attached hydrogen (secondary N) is 1. The van der Waals surface area contributed by atoms with Crippen LogP contribution >= 0.6 is 11.6 Å². The van der Waals surface area contributed by atoms with E-state index in [1.54, 1.807) is 19.1 Å². The molecule has 0 atom stereocenters. The summed E-state index contributed by atoms with van der Waals surface area (Å²) in [4.78, 5) is 23.6. The Hall–Kier alpha value is -1.89. The van der Waals surface area contributed by atoms with Gasteiger partial charge >= 0.3 is 6.18 Å². The van der Waals surface area contributed by atoms with Crippen LogP contribution in [-0.4, -0.2) is 21.1 Å². The minimum Gasteiger partial charge on any atom is -0.310 e. The van der Waals surface area contributed by atoms with Crippen molar-refractivity contribution in [2.45, 2.75) is 44.7 Å². The lowest BCUT2D eigenvalue weighted by Gasteiger charge is -2.30. The van der Waals surface area contributed by atoms with E-state index in [0.717, 1.165) is 0 Å². The highest BCUT2D eigenvalue weighted by Crippen LogP contribution is 2.43. The van der Waals surface area contributed by atoms with E-state index in [1.165, 1.54) is 6.20 Å². The van der Waals surface area contributed by atoms with Crippen molar-refractivity contribution in [1.82, 2.24) is 15.0 Å². The van der Waals surface area contributed by atoms with Crippen molar-refractivity contribution in [3.63, 3.8) is 0 Å². The van der Waals surface area contributed by atoms with Gasteiger partial charge in [0, 0.05) is 17.7 Å². The number of pyridine rings is 1. The zero-order valence-corrected chi connectivity index (χ0v) is 14.3. The van der Waals surface area contributed by atoms with Crippen LogP contribution < -0.4 is 5.56 Å². The van der Waals surface area contributed by atoms with E-state index in [0.29, 0.717) is 40.6 Å². The summed E-state index contributed by atoms with van der Waals surface area (Å²) in [5.41, 5.74) is 1.16. The number of nitrogens with zero attached hydrogens (tertiary/aromatic N) is 2. The molecule has 4 nitrogen and oxygen atoms in total. The summed E-state index contributed by atoms with van der Waals surface area (Å²) >= 11 is 5.79. The molecule has 0 bridgehead atoms. The highest BCUT2D eigenvalue weighted by atomic mass is 35.5. The summed E-state index contributed by atoms with van der Waals surface area (Å²) in [7, 11) is 0. The first-order valence-electron chi connectivity index (χ1n) is 8.05. The molecule has 0 unspecified atom stereocenters. The van der Waals surface area contributed by atoms with Crippen LogP contribution in [0.3, 0.4) is 0 Å². The number of rotatable bonds is 2. The van der Waals surface area contributed by atoms with Crippen LogP contribution in [0.2, 0.25) is 5.15 Å². The van der Waals surface area contributed by atoms with Gasteiger partial charge in [-0.05, 0) is 44.7 Å². The first-order valence-corrected chi connectivity index (χ1v) is 8.43. The maximum atomic E-state index is 12.9. The van der Waals surface area contributed by atoms with Crippen molar-refractivity contribution < 1.29 is 13.2 Å². The average molecular weight is 372 g/mol. The average Bonchev–Trinajstić information content (AvgIpc) is 2.55. The summed E-state index contributed by atoms with van der Waals surface area (Å²) in [6.07, 6.45) is -1.86. The predicted molar refractivity (Wildman–Crippen MR) is 88.6 cm³/mol. The molecule has 0 aliphatic heterocycles. The van der Waals surface area contributed by atoms with Crippen molar-refractivity contribution in [3.8, 4) is 11.1 Å². The third-order valence-corrected chi connectivity index (χ3v) is 4.88. The molecule has 0 radical (unpaired) electrons. The van der Waals surface area contributed by atoms with Crippen LogP contribution in [0.4, 0.5) is 13.2 Å². The molecule has 3 rings (SSSR count). The Morgan fingerprint density at radius 1 is 1.20 bits per heavy atom. The van der Waals surface area contributed by atoms with Gasteiger partial charge in [0.15, 0.2) is 0 Å². The molecule has 1 aliphatic rings. The number of H-pyrrole nitrogens is 1. The highest BCUT2D eigenvalue weighted by molar-refractivity contribution is 6.29. The van der Waals surface area contributed by atoms with Gasteiger partial charge in [-0.15, -0.1) is 0 Å². The lowest BCUT2D eigenvalue weighted by atomic mass is 9.78. The number of aromatic amines is 1. The monoisotopic (exact) mass is 371 g/mol. The molecule has 0 spiro atoms. The van der Waals surface area contributed by atoms with Gasteiger partial charge in [-0.25, -0.2) is 9.97 Å². The van der Waals surface area contributed by atoms with Crippen LogP contribution in [0.25, 0.3) is 11.1 Å². The Morgan fingerprint density at radius 2 is 1.88 bits per heavy atom. The normalized spacial score (nSPS) is 21.3. The van der Waals surface area contributed by atoms with Gasteiger partial charge in [-0.1, -0.05) is 11.6 Å². The number of aryl methyl sites for hydroxylation is 1. The molecule has 25 heavy (non-hydrogen) atoms. The van der Waals surface area contributed by atoms with E-state index >= 15 is 0 Å². The third-order valence-electron chi connectivity index (χ3n) is 4.66. The quantitative estimate of drug-likeness (QED) is 0.783. The van der Waals surface area contributed by atoms with Crippen molar-refractivity contribution in [2.75, 3.05) is 0 Å². The van der Waals surface area contributed by atoms with Gasteiger partial charge in [-0.2, -0.15) is 13.2 Å². The molecule has 1 fully saturated rings. The van der Waals surface area contributed by atoms with Crippen molar-refractivity contribution in [1.29, 1.82) is 0 Å². The topological polar surface area (TPSA) is 58.6 Å². The number of hydrogen-bond donors (Lipinski definition) is 1. The summed E-state index contributed by atoms with van der Waals surface area (Å²) in [6, 6.07) is 3.24. The minimum absolute atomic E-state index is 0.0556. The van der Waals surface area contributed by atoms with Crippen LogP contribution in [-0.2, 0) is 0 Å². The van der Waals surface area contributed by atoms with Crippen molar-refractivity contribution in [3.05, 3.63) is 45.4 Å². The number of alkyl halides is 3. The van der Waals surface area contributed by atoms with Gasteiger partial charge in [-0.3, -0.25) is 4.79 Å². The van der Waals surface area contributed by atoms with E-state index in [9.17, 15) is 18.0 Å². The summed E-state index contributed by atoms with van der Waals surface area (Å²) < 4.78 is 38.7. The van der Waals surface area contributed by atoms with E-state index in [2.05, 4.69) is 15.0 Å². The number of halogens is 4. The molecule has 1 aliphatic carbocycles. The Balaban J connectivity index is 1.97. The number of hydrogen-bond acceptors (Lipinski definition) is 3. The smallest absolute Gasteiger partial charge is 0.310 e. The van der Waals surface area contributed by atoms with Crippen molar-refractivity contribution >= 4 is 11.6 Å². The fourth-order valence-electron chi connectivity index (χ4n) is 3.40. The van der Waals surface area contributed by atoms with E-state index < -0.39 is 12.1 Å². The Labute approximate surface area is 147 Å². The zero-order valence-electron chi connectivity index (χ0n) is 13.5. The Morgan fingerprint density at radius 3 is 2.44 bits per heavy atom. The van der Waals surface area contributed by atoms with Crippen LogP contribution in [0, 0.1) is 12.8 Å². The fourth-order valence-corrected chi connectivity index (χ4v) is 3.51. The molecule has 1 N–H and O–H groups in total. The molecule has 0 aromatic carbocycles. The second kappa shape index (κ2) is 6.78. The largest absolute Gasteiger partial charge is 0.391 e. The molecule has 1 saturated carbocycles. The lowest BCUT2D eigenvalue weighted by molar-refractivity contribution is -0.182. The summed E-state index contributed by atoms with van der Waals surface area (Å²) in [5, 5.41) is 0.299. The third kappa shape index (κ3) is 3.86. The van der Waals surface area contributed by atoms with Crippen LogP contribution in [0.5, 0.6) is 0 Å². The molecule has 2 heterocycles. The maximum Gasteiger partial charge on any atom is 0.391 e. The lowest BCUT2D eigenvalue weighted by Crippen LogP contribution is -2.28. The fraction of sp³-hybridized carbons (Fsp3) is 0.471. The summed E-state index contributed by atoms with van der Waals surface area (Å²) in [5.74, 6) is -0.999. The van der Waals surface area contributed by atoms with E-state index in [4.69, 9.17) is 11.6 Å². The second-order valence-corrected chi connectivity index (χ2v) is 6.76. The van der Waals surface area contributed by atoms with Gasteiger partial charge < -0.3 is 4.98 Å². The molecular weight excluding hydrogens is 355 g/mol. The second-order valence-electron chi connectivity index (χ2n) is 6.37. The van der Waals surface area contributed by atoms with Crippen LogP contribution in [0.15, 0.2) is 23.1 Å². The van der Waals surface area contributed by atoms with Gasteiger partial charge in [0.05, 0.1) is 17.2 Å². The first kappa shape index (κ1) is 17.9. The zero-order chi connectivity index (χ0) is 18.2. The van der Waals surface area contributed by atoms with Gasteiger partial charge in [0.2, 0.25) is 0 Å². The Bertz CT molecular complexity index is 809. The SMILES string of the molecule is Cc1nc(C2CCC(C(F)(F)F)CC2)c(-c2ccc(Cl)nc2)c(=O)[nH]1. The summed E-state index contributed by atoms with van der Waals surface area (Å²) in [6.45, 7) is 1.66. The molecule has 2 aromatic rings. The van der Waals surface area contributed by atoms with E-state index in [1.807, 2.05) is 0 Å². The molecule has 0 saturated heterocycles. The van der Waals surface area contributed by atoms with Crippen molar-refractivity contribution in [2.24, 2.45) is 5.92 Å². The molecule has 134 valence electrons. The molecular formula is C17H17ClF3N3O. The highest BCUT2D eigenvalue weighted by Gasteiger charge is 2.42. The molecule has 2 aromatic heterocycles. The molecule has 8 heteroatoms. The van der Waals surface area contributed by atoms with Gasteiger partial charge in [0.1, 0.15) is 11.0 Å². The minimum atomic E-state index is -4.16. The standard InChI is InChI=1S/C17H17ClF3N3O/c1-9-23-15(10-2-5-12(6-3-10)17(19,20)21)14(16(25)24-9)11-4-7-13(18)22-8-11/h4,7-8,10,12H,2-3,5-6H2,1H3,(H,23,24,25). The predicted octanol–water partition coefficient (Wildman–Crippen LogP) is 4.63. The number of aromatic nitrogens is 3. The van der Waals surface area contributed by atoms with E-state index in [-0.39, 0.29) is 24.3 Å². The molecule has 0 amide bonds. The maximum absolute atomic E-state index is 12.9. The Kier molecular flexibility index (Phi) is 4.86. The van der Waals surface area contributed by atoms with Gasteiger partial charge in [0.25, 0.3) is 5.56 Å². The van der Waals surface area contributed by atoms with Crippen LogP contribution in [0.1, 0.15) is 43.1 Å².